The molecule has 0 saturated carbocycles. The molecule has 2 heterocycles. The Morgan fingerprint density at radius 3 is 2.89 bits per heavy atom. The molecule has 0 N–H and O–H groups in total. The van der Waals surface area contributed by atoms with Crippen LogP contribution in [-0.4, -0.2) is 15.1 Å². The van der Waals surface area contributed by atoms with Crippen LogP contribution >= 0.6 is 0 Å². The Morgan fingerprint density at radius 1 is 1.39 bits per heavy atom. The van der Waals surface area contributed by atoms with E-state index in [0.717, 1.165) is 5.56 Å². The first-order valence-electron chi connectivity index (χ1n) is 5.85. The molecular formula is C13H14N4O. The van der Waals surface area contributed by atoms with E-state index in [-0.39, 0.29) is 5.92 Å². The number of nitriles is 1. The second-order valence-corrected chi connectivity index (χ2v) is 4.31. The molecule has 1 atom stereocenters. The van der Waals surface area contributed by atoms with E-state index in [1.54, 1.807) is 12.4 Å². The van der Waals surface area contributed by atoms with Crippen LogP contribution in [0.15, 0.2) is 29.0 Å². The number of hydrogen-bond acceptors (Lipinski definition) is 5. The zero-order valence-corrected chi connectivity index (χ0v) is 10.2. The van der Waals surface area contributed by atoms with Crippen LogP contribution in [0.3, 0.4) is 0 Å². The fourth-order valence-electron chi connectivity index (χ4n) is 1.65. The predicted molar refractivity (Wildman–Crippen MR) is 64.4 cm³/mol. The maximum atomic E-state index is 8.59. The van der Waals surface area contributed by atoms with Gasteiger partial charge in [-0.3, -0.25) is 4.98 Å². The topological polar surface area (TPSA) is 75.6 Å². The summed E-state index contributed by atoms with van der Waals surface area (Å²) >= 11 is 0. The zero-order valence-electron chi connectivity index (χ0n) is 10.2. The van der Waals surface area contributed by atoms with E-state index in [2.05, 4.69) is 21.2 Å². The lowest BCUT2D eigenvalue weighted by molar-refractivity contribution is 0.355. The highest BCUT2D eigenvalue weighted by molar-refractivity contribution is 5.14. The molecule has 2 aromatic rings. The minimum atomic E-state index is 0.240. The van der Waals surface area contributed by atoms with Crippen molar-refractivity contribution in [3.8, 4) is 6.07 Å². The molecule has 2 rings (SSSR count). The fourth-order valence-corrected chi connectivity index (χ4v) is 1.65. The Bertz CT molecular complexity index is 529. The van der Waals surface area contributed by atoms with Crippen molar-refractivity contribution in [2.75, 3.05) is 0 Å². The highest BCUT2D eigenvalue weighted by atomic mass is 16.5. The van der Waals surface area contributed by atoms with Gasteiger partial charge in [0.25, 0.3) is 0 Å². The summed E-state index contributed by atoms with van der Waals surface area (Å²) in [5.74, 6) is 1.51. The van der Waals surface area contributed by atoms with Gasteiger partial charge in [-0.2, -0.15) is 10.2 Å². The first-order valence-corrected chi connectivity index (χ1v) is 5.85. The molecule has 92 valence electrons. The Kier molecular flexibility index (Phi) is 4.02. The van der Waals surface area contributed by atoms with Crippen molar-refractivity contribution >= 4 is 0 Å². The molecular weight excluding hydrogens is 228 g/mol. The van der Waals surface area contributed by atoms with Gasteiger partial charge in [0.15, 0.2) is 5.82 Å². The van der Waals surface area contributed by atoms with Crippen molar-refractivity contribution < 1.29 is 4.52 Å². The van der Waals surface area contributed by atoms with Crippen LogP contribution in [0.4, 0.5) is 0 Å². The summed E-state index contributed by atoms with van der Waals surface area (Å²) in [7, 11) is 0. The Balaban J connectivity index is 1.96. The number of hydrogen-bond donors (Lipinski definition) is 0. The Labute approximate surface area is 105 Å². The summed E-state index contributed by atoms with van der Waals surface area (Å²) in [5.41, 5.74) is 1.10. The average molecular weight is 242 g/mol. The van der Waals surface area contributed by atoms with Crippen LogP contribution in [0.1, 0.15) is 30.6 Å². The maximum Gasteiger partial charge on any atom is 0.226 e. The molecule has 5 nitrogen and oxygen atoms in total. The summed E-state index contributed by atoms with van der Waals surface area (Å²) in [6, 6.07) is 5.99. The van der Waals surface area contributed by atoms with Crippen molar-refractivity contribution in [1.82, 2.24) is 15.1 Å². The lowest BCUT2D eigenvalue weighted by atomic mass is 10.1. The number of rotatable bonds is 5. The normalized spacial score (nSPS) is 12.0. The van der Waals surface area contributed by atoms with Crippen LogP contribution in [0.5, 0.6) is 0 Å². The molecule has 0 saturated heterocycles. The predicted octanol–water partition coefficient (Wildman–Crippen LogP) is 2.15. The van der Waals surface area contributed by atoms with Gasteiger partial charge in [0, 0.05) is 31.7 Å². The van der Waals surface area contributed by atoms with Gasteiger partial charge in [0.1, 0.15) is 0 Å². The van der Waals surface area contributed by atoms with Crippen molar-refractivity contribution in [2.45, 2.75) is 26.2 Å². The summed E-state index contributed by atoms with van der Waals surface area (Å²) < 4.78 is 5.17. The van der Waals surface area contributed by atoms with Crippen molar-refractivity contribution in [1.29, 1.82) is 5.26 Å². The third-order valence-electron chi connectivity index (χ3n) is 2.58. The SMILES string of the molecule is CC(CC#N)Cc1nc(Cc2ccncc2)no1. The van der Waals surface area contributed by atoms with Crippen molar-refractivity contribution in [2.24, 2.45) is 5.92 Å². The van der Waals surface area contributed by atoms with E-state index < -0.39 is 0 Å². The molecule has 0 bridgehead atoms. The number of pyridine rings is 1. The fraction of sp³-hybridized carbons (Fsp3) is 0.385. The Morgan fingerprint density at radius 2 is 2.17 bits per heavy atom. The number of nitrogens with zero attached hydrogens (tertiary/aromatic N) is 4. The molecule has 0 aliphatic heterocycles. The molecule has 0 spiro atoms. The standard InChI is InChI=1S/C13H14N4O/c1-10(2-5-14)8-13-16-12(17-18-13)9-11-3-6-15-7-4-11/h3-4,6-7,10H,2,8-9H2,1H3. The van der Waals surface area contributed by atoms with Crippen LogP contribution in [0.2, 0.25) is 0 Å². The van der Waals surface area contributed by atoms with Gasteiger partial charge in [0.2, 0.25) is 5.89 Å². The van der Waals surface area contributed by atoms with E-state index in [4.69, 9.17) is 9.78 Å². The summed E-state index contributed by atoms with van der Waals surface area (Å²) in [6.07, 6.45) is 5.27. The maximum absolute atomic E-state index is 8.59. The summed E-state index contributed by atoms with van der Waals surface area (Å²) in [6.45, 7) is 2.00. The Hall–Kier alpha value is -2.22. The molecule has 1 unspecified atom stereocenters. The quantitative estimate of drug-likeness (QED) is 0.802. The van der Waals surface area contributed by atoms with Crippen LogP contribution in [0.25, 0.3) is 0 Å². The van der Waals surface area contributed by atoms with Gasteiger partial charge >= 0.3 is 0 Å². The minimum absolute atomic E-state index is 0.240. The van der Waals surface area contributed by atoms with E-state index in [1.807, 2.05) is 19.1 Å². The molecule has 18 heavy (non-hydrogen) atoms. The average Bonchev–Trinajstić information content (AvgIpc) is 2.78. The summed E-state index contributed by atoms with van der Waals surface area (Å²) in [4.78, 5) is 8.28. The van der Waals surface area contributed by atoms with E-state index in [9.17, 15) is 0 Å². The zero-order chi connectivity index (χ0) is 12.8. The van der Waals surface area contributed by atoms with Gasteiger partial charge in [-0.1, -0.05) is 12.1 Å². The highest BCUT2D eigenvalue weighted by Gasteiger charge is 2.11. The van der Waals surface area contributed by atoms with Gasteiger partial charge in [-0.15, -0.1) is 0 Å². The van der Waals surface area contributed by atoms with Gasteiger partial charge < -0.3 is 4.52 Å². The first-order chi connectivity index (χ1) is 8.78. The highest BCUT2D eigenvalue weighted by Crippen LogP contribution is 2.11. The second kappa shape index (κ2) is 5.92. The third-order valence-corrected chi connectivity index (χ3v) is 2.58. The molecule has 0 radical (unpaired) electrons. The lowest BCUT2D eigenvalue weighted by Crippen LogP contribution is -1.99. The molecule has 5 heteroatoms. The second-order valence-electron chi connectivity index (χ2n) is 4.31. The van der Waals surface area contributed by atoms with Crippen molar-refractivity contribution in [3.05, 3.63) is 41.8 Å². The van der Waals surface area contributed by atoms with Crippen LogP contribution in [0, 0.1) is 17.2 Å². The lowest BCUT2D eigenvalue weighted by Gasteiger charge is -2.00. The molecule has 0 aliphatic carbocycles. The smallest absolute Gasteiger partial charge is 0.226 e. The van der Waals surface area contributed by atoms with Gasteiger partial charge in [0.05, 0.1) is 6.07 Å². The van der Waals surface area contributed by atoms with E-state index in [1.165, 1.54) is 0 Å². The van der Waals surface area contributed by atoms with Crippen LogP contribution in [-0.2, 0) is 12.8 Å². The van der Waals surface area contributed by atoms with Gasteiger partial charge in [-0.05, 0) is 23.6 Å². The first kappa shape index (κ1) is 12.2. The van der Waals surface area contributed by atoms with Gasteiger partial charge in [-0.25, -0.2) is 0 Å². The molecule has 0 aromatic carbocycles. The van der Waals surface area contributed by atoms with Crippen molar-refractivity contribution in [3.63, 3.8) is 0 Å². The molecule has 0 amide bonds. The monoisotopic (exact) mass is 242 g/mol. The number of aromatic nitrogens is 3. The molecule has 2 aromatic heterocycles. The van der Waals surface area contributed by atoms with E-state index in [0.29, 0.717) is 31.0 Å². The molecule has 0 fully saturated rings. The largest absolute Gasteiger partial charge is 0.339 e. The van der Waals surface area contributed by atoms with E-state index >= 15 is 0 Å². The molecule has 0 aliphatic rings. The van der Waals surface area contributed by atoms with Crippen LogP contribution < -0.4 is 0 Å². The third kappa shape index (κ3) is 3.39. The summed E-state index contributed by atoms with van der Waals surface area (Å²) in [5, 5.41) is 12.5. The minimum Gasteiger partial charge on any atom is -0.339 e.